The number of Topliss-reactive ketones (excluding diaryl/α,β-unsaturated/α-hetero) is 1. The first-order valence-electron chi connectivity index (χ1n) is 7.77. The largest absolute Gasteiger partial charge is 0.332 e. The number of carbonyl (C=O) groups is 1. The molecule has 1 aliphatic carbocycles. The minimum atomic E-state index is -1.19. The maximum absolute atomic E-state index is 11.9. The Morgan fingerprint density at radius 3 is 2.41 bits per heavy atom. The van der Waals surface area contributed by atoms with E-state index in [1.807, 2.05) is 17.8 Å². The highest BCUT2D eigenvalue weighted by molar-refractivity contribution is 8.29. The van der Waals surface area contributed by atoms with Gasteiger partial charge in [-0.15, -0.1) is 10.3 Å². The van der Waals surface area contributed by atoms with Crippen LogP contribution in [0.4, 0.5) is 0 Å². The van der Waals surface area contributed by atoms with Gasteiger partial charge in [-0.2, -0.15) is 11.8 Å². The van der Waals surface area contributed by atoms with Gasteiger partial charge in [0.2, 0.25) is 0 Å². The van der Waals surface area contributed by atoms with Gasteiger partial charge in [-0.3, -0.25) is 4.79 Å². The third-order valence-corrected chi connectivity index (χ3v) is 9.49. The van der Waals surface area contributed by atoms with Gasteiger partial charge in [0.15, 0.2) is 0 Å². The molecule has 0 aliphatic heterocycles. The quantitative estimate of drug-likeness (QED) is 0.769. The molecule has 0 amide bonds. The predicted octanol–water partition coefficient (Wildman–Crippen LogP) is 4.81. The third-order valence-electron chi connectivity index (χ3n) is 4.42. The summed E-state index contributed by atoms with van der Waals surface area (Å²) in [7, 11) is -1.19. The Morgan fingerprint density at radius 1 is 1.18 bits per heavy atom. The molecule has 2 rings (SSSR count). The number of rotatable bonds is 5. The topological polar surface area (TPSA) is 26.3 Å². The maximum Gasteiger partial charge on any atom is 0.136 e. The van der Waals surface area contributed by atoms with Crippen molar-refractivity contribution in [3.05, 3.63) is 35.9 Å². The molecule has 22 heavy (non-hydrogen) atoms. The summed E-state index contributed by atoms with van der Waals surface area (Å²) in [6.07, 6.45) is 5.75. The molecule has 0 heterocycles. The summed E-state index contributed by atoms with van der Waals surface area (Å²) in [5.41, 5.74) is 1.31. The summed E-state index contributed by atoms with van der Waals surface area (Å²) >= 11 is 1.87. The zero-order valence-corrected chi connectivity index (χ0v) is 15.9. The lowest BCUT2D eigenvalue weighted by Gasteiger charge is -2.46. The maximum atomic E-state index is 11.9. The molecule has 0 radical (unpaired) electrons. The summed E-state index contributed by atoms with van der Waals surface area (Å²) in [5.74, 6) is 1.30. The molecule has 1 fully saturated rings. The lowest BCUT2D eigenvalue weighted by Crippen LogP contribution is -2.31. The van der Waals surface area contributed by atoms with Crippen LogP contribution in [0.15, 0.2) is 30.3 Å². The van der Waals surface area contributed by atoms with E-state index in [0.717, 1.165) is 5.75 Å². The second kappa shape index (κ2) is 6.98. The Hall–Kier alpha value is -0.450. The third kappa shape index (κ3) is 4.53. The highest BCUT2D eigenvalue weighted by Gasteiger charge is 2.39. The number of thioether (sulfide) groups is 1. The molecule has 2 nitrogen and oxygen atoms in total. The summed E-state index contributed by atoms with van der Waals surface area (Å²) < 4.78 is 6.61. The van der Waals surface area contributed by atoms with E-state index in [1.54, 1.807) is 0 Å². The van der Waals surface area contributed by atoms with Gasteiger partial charge < -0.3 is 4.18 Å². The fourth-order valence-corrected chi connectivity index (χ4v) is 4.74. The van der Waals surface area contributed by atoms with Crippen LogP contribution in [0.1, 0.15) is 39.2 Å². The Bertz CT molecular complexity index is 506. The van der Waals surface area contributed by atoms with Gasteiger partial charge in [-0.25, -0.2) is 0 Å². The minimum absolute atomic E-state index is 0.0745. The van der Waals surface area contributed by atoms with Crippen molar-refractivity contribution < 1.29 is 8.98 Å². The Labute approximate surface area is 140 Å². The van der Waals surface area contributed by atoms with E-state index in [-0.39, 0.29) is 10.9 Å². The van der Waals surface area contributed by atoms with E-state index in [1.165, 1.54) is 5.56 Å². The molecule has 1 aromatic rings. The molecular weight excluding hydrogens is 312 g/mol. The van der Waals surface area contributed by atoms with Crippen molar-refractivity contribution in [2.75, 3.05) is 12.5 Å². The van der Waals surface area contributed by atoms with Gasteiger partial charge in [0.25, 0.3) is 0 Å². The monoisotopic (exact) mass is 340 g/mol. The zero-order valence-electron chi connectivity index (χ0n) is 14.3. The molecule has 1 unspecified atom stereocenters. The van der Waals surface area contributed by atoms with Crippen LogP contribution in [0.25, 0.3) is 0 Å². The zero-order chi connectivity index (χ0) is 16.4. The fraction of sp³-hybridized carbons (Fsp3) is 0.611. The average molecular weight is 341 g/mol. The molecular formula is C18H28O2S2. The van der Waals surface area contributed by atoms with E-state index < -0.39 is 10.3 Å². The molecule has 0 bridgehead atoms. The molecule has 0 N–H and O–H groups in total. The number of hydrogen-bond acceptors (Lipinski definition) is 3. The van der Waals surface area contributed by atoms with E-state index in [4.69, 9.17) is 4.18 Å². The van der Waals surface area contributed by atoms with Gasteiger partial charge in [0, 0.05) is 28.6 Å². The molecule has 1 aliphatic rings. The minimum Gasteiger partial charge on any atom is -0.332 e. The van der Waals surface area contributed by atoms with Crippen LogP contribution in [-0.2, 0) is 14.7 Å². The first-order valence-corrected chi connectivity index (χ1v) is 11.2. The Morgan fingerprint density at radius 2 is 1.82 bits per heavy atom. The average Bonchev–Trinajstić information content (AvgIpc) is 2.75. The lowest BCUT2D eigenvalue weighted by atomic mass is 10.2. The molecule has 1 saturated carbocycles. The Balaban J connectivity index is 1.99. The number of benzene rings is 1. The van der Waals surface area contributed by atoms with Crippen molar-refractivity contribution in [1.29, 1.82) is 0 Å². The summed E-state index contributed by atoms with van der Waals surface area (Å²) in [4.78, 5) is 11.9. The van der Waals surface area contributed by atoms with Crippen LogP contribution >= 0.6 is 22.1 Å². The van der Waals surface area contributed by atoms with E-state index >= 15 is 0 Å². The summed E-state index contributed by atoms with van der Waals surface area (Å²) in [5, 5.41) is 0.293. The molecule has 0 aromatic heterocycles. The lowest BCUT2D eigenvalue weighted by molar-refractivity contribution is -0.117. The molecule has 4 heteroatoms. The van der Waals surface area contributed by atoms with Crippen LogP contribution in [0.2, 0.25) is 0 Å². The summed E-state index contributed by atoms with van der Waals surface area (Å²) in [6, 6.07) is 10.5. The molecule has 2 atom stereocenters. The summed E-state index contributed by atoms with van der Waals surface area (Å²) in [6.45, 7) is 6.68. The van der Waals surface area contributed by atoms with Crippen molar-refractivity contribution >= 4 is 27.9 Å². The highest BCUT2D eigenvalue weighted by Crippen LogP contribution is 2.56. The van der Waals surface area contributed by atoms with Crippen molar-refractivity contribution in [2.45, 2.75) is 55.5 Å². The van der Waals surface area contributed by atoms with Gasteiger partial charge in [-0.05, 0) is 18.1 Å². The van der Waals surface area contributed by atoms with Crippen molar-refractivity contribution in [3.63, 3.8) is 0 Å². The van der Waals surface area contributed by atoms with Crippen LogP contribution in [0.5, 0.6) is 0 Å². The molecule has 1 aromatic carbocycles. The SMILES string of the molecule is CC(C)(C)S(C)(C)OC1CC(=O)C[C@H]1SCc1ccccc1. The van der Waals surface area contributed by atoms with Gasteiger partial charge in [0.05, 0.1) is 6.10 Å². The van der Waals surface area contributed by atoms with Crippen molar-refractivity contribution in [3.8, 4) is 0 Å². The molecule has 124 valence electrons. The van der Waals surface area contributed by atoms with E-state index in [2.05, 4.69) is 57.5 Å². The second-order valence-electron chi connectivity index (χ2n) is 7.26. The predicted molar refractivity (Wildman–Crippen MR) is 99.8 cm³/mol. The smallest absolute Gasteiger partial charge is 0.136 e. The highest BCUT2D eigenvalue weighted by atomic mass is 32.3. The Kier molecular flexibility index (Phi) is 5.68. The van der Waals surface area contributed by atoms with Crippen LogP contribution in [-0.4, -0.2) is 34.4 Å². The van der Waals surface area contributed by atoms with Crippen LogP contribution < -0.4 is 0 Å². The molecule has 0 spiro atoms. The fourth-order valence-electron chi connectivity index (χ4n) is 2.29. The van der Waals surface area contributed by atoms with Crippen molar-refractivity contribution in [2.24, 2.45) is 0 Å². The van der Waals surface area contributed by atoms with Gasteiger partial charge in [0.1, 0.15) is 5.78 Å². The number of ketones is 1. The number of carbonyl (C=O) groups excluding carboxylic acids is 1. The first-order chi connectivity index (χ1) is 10.2. The molecule has 0 saturated heterocycles. The number of hydrogen-bond donors (Lipinski definition) is 0. The van der Waals surface area contributed by atoms with Crippen molar-refractivity contribution in [1.82, 2.24) is 0 Å². The normalized spacial score (nSPS) is 23.8. The van der Waals surface area contributed by atoms with Crippen LogP contribution in [0, 0.1) is 0 Å². The standard InChI is InChI=1S/C18H28O2S2/c1-18(2,3)22(4,5)20-16-11-15(19)12-17(16)21-13-14-9-7-6-8-10-14/h6-10,16-17H,11-13H2,1-5H3/t16?,17-/m1/s1. The first kappa shape index (κ1) is 17.9. The van der Waals surface area contributed by atoms with Gasteiger partial charge >= 0.3 is 0 Å². The van der Waals surface area contributed by atoms with E-state index in [9.17, 15) is 4.79 Å². The van der Waals surface area contributed by atoms with E-state index in [0.29, 0.717) is 23.9 Å². The second-order valence-corrected chi connectivity index (χ2v) is 12.4. The van der Waals surface area contributed by atoms with Gasteiger partial charge in [-0.1, -0.05) is 51.1 Å². The van der Waals surface area contributed by atoms with Crippen LogP contribution in [0.3, 0.4) is 0 Å².